The summed E-state index contributed by atoms with van der Waals surface area (Å²) >= 11 is 0. The van der Waals surface area contributed by atoms with E-state index in [2.05, 4.69) is 10.3 Å². The minimum atomic E-state index is -0.470. The summed E-state index contributed by atoms with van der Waals surface area (Å²) in [7, 11) is 1.51. The summed E-state index contributed by atoms with van der Waals surface area (Å²) in [6.45, 7) is 1.72. The lowest BCUT2D eigenvalue weighted by atomic mass is 10.2. The molecular weight excluding hydrogens is 282 g/mol. The number of ether oxygens (including phenoxy) is 2. The highest BCUT2D eigenvalue weighted by atomic mass is 16.7. The molecule has 0 aliphatic rings. The molecule has 6 nitrogen and oxygen atoms in total. The third-order valence-corrected chi connectivity index (χ3v) is 2.91. The molecule has 22 heavy (non-hydrogen) atoms. The Morgan fingerprint density at radius 1 is 1.41 bits per heavy atom. The van der Waals surface area contributed by atoms with Gasteiger partial charge in [0, 0.05) is 25.2 Å². The SMILES string of the molecule is COC(C)Oc1ccc(NC(=O)c2cccnc2)cc1C#N. The zero-order valence-electron chi connectivity index (χ0n) is 12.2. The van der Waals surface area contributed by atoms with Crippen LogP contribution >= 0.6 is 0 Å². The van der Waals surface area contributed by atoms with Gasteiger partial charge in [-0.15, -0.1) is 0 Å². The van der Waals surface area contributed by atoms with Crippen LogP contribution in [-0.4, -0.2) is 24.3 Å². The lowest BCUT2D eigenvalue weighted by Gasteiger charge is -2.14. The molecule has 1 heterocycles. The lowest BCUT2D eigenvalue weighted by Crippen LogP contribution is -2.15. The molecule has 0 radical (unpaired) electrons. The minimum Gasteiger partial charge on any atom is -0.464 e. The van der Waals surface area contributed by atoms with E-state index in [0.717, 1.165) is 0 Å². The maximum atomic E-state index is 12.0. The van der Waals surface area contributed by atoms with Gasteiger partial charge < -0.3 is 14.8 Å². The molecule has 1 amide bonds. The first kappa shape index (κ1) is 15.5. The van der Waals surface area contributed by atoms with Gasteiger partial charge >= 0.3 is 0 Å². The van der Waals surface area contributed by atoms with Crippen LogP contribution in [0.25, 0.3) is 0 Å². The van der Waals surface area contributed by atoms with Crippen molar-refractivity contribution in [2.75, 3.05) is 12.4 Å². The van der Waals surface area contributed by atoms with E-state index < -0.39 is 6.29 Å². The number of anilines is 1. The fourth-order valence-corrected chi connectivity index (χ4v) is 1.73. The fourth-order valence-electron chi connectivity index (χ4n) is 1.73. The number of nitrogens with one attached hydrogen (secondary N) is 1. The minimum absolute atomic E-state index is 0.295. The van der Waals surface area contributed by atoms with Gasteiger partial charge in [0.05, 0.1) is 11.1 Å². The highest BCUT2D eigenvalue weighted by Crippen LogP contribution is 2.23. The molecule has 0 saturated heterocycles. The smallest absolute Gasteiger partial charge is 0.257 e. The predicted molar refractivity (Wildman–Crippen MR) is 80.4 cm³/mol. The number of hydrogen-bond donors (Lipinski definition) is 1. The number of nitrogens with zero attached hydrogens (tertiary/aromatic N) is 2. The fraction of sp³-hybridized carbons (Fsp3) is 0.188. The molecule has 0 aliphatic heterocycles. The van der Waals surface area contributed by atoms with E-state index in [0.29, 0.717) is 22.6 Å². The molecule has 1 N–H and O–H groups in total. The first-order chi connectivity index (χ1) is 10.6. The van der Waals surface area contributed by atoms with Gasteiger partial charge in [-0.3, -0.25) is 9.78 Å². The first-order valence-corrected chi connectivity index (χ1v) is 6.59. The van der Waals surface area contributed by atoms with E-state index in [-0.39, 0.29) is 5.91 Å². The summed E-state index contributed by atoms with van der Waals surface area (Å²) in [5, 5.41) is 11.9. The maximum absolute atomic E-state index is 12.0. The third-order valence-electron chi connectivity index (χ3n) is 2.91. The van der Waals surface area contributed by atoms with E-state index in [1.54, 1.807) is 43.5 Å². The molecule has 1 unspecified atom stereocenters. The maximum Gasteiger partial charge on any atom is 0.257 e. The normalized spacial score (nSPS) is 11.3. The number of pyridine rings is 1. The molecule has 6 heteroatoms. The molecule has 112 valence electrons. The molecule has 1 aromatic heterocycles. The Kier molecular flexibility index (Phi) is 5.07. The van der Waals surface area contributed by atoms with Crippen molar-refractivity contribution in [1.29, 1.82) is 5.26 Å². The number of benzene rings is 1. The molecule has 0 spiro atoms. The Morgan fingerprint density at radius 3 is 2.86 bits per heavy atom. The van der Waals surface area contributed by atoms with Crippen LogP contribution in [0.1, 0.15) is 22.8 Å². The number of carbonyl (C=O) groups is 1. The summed E-state index contributed by atoms with van der Waals surface area (Å²) in [5.41, 5.74) is 1.25. The monoisotopic (exact) mass is 297 g/mol. The van der Waals surface area contributed by atoms with Crippen LogP contribution in [0.2, 0.25) is 0 Å². The zero-order chi connectivity index (χ0) is 15.9. The Bertz CT molecular complexity index is 696. The number of carbonyl (C=O) groups excluding carboxylic acids is 1. The van der Waals surface area contributed by atoms with Crippen LogP contribution in [0.4, 0.5) is 5.69 Å². The second kappa shape index (κ2) is 7.20. The van der Waals surface area contributed by atoms with Gasteiger partial charge in [-0.1, -0.05) is 0 Å². The van der Waals surface area contributed by atoms with Crippen LogP contribution in [-0.2, 0) is 4.74 Å². The lowest BCUT2D eigenvalue weighted by molar-refractivity contribution is -0.0384. The number of rotatable bonds is 5. The van der Waals surface area contributed by atoms with Crippen molar-refractivity contribution < 1.29 is 14.3 Å². The highest BCUT2D eigenvalue weighted by molar-refractivity contribution is 6.04. The molecule has 2 rings (SSSR count). The van der Waals surface area contributed by atoms with Crippen molar-refractivity contribution >= 4 is 11.6 Å². The van der Waals surface area contributed by atoms with Crippen molar-refractivity contribution in [3.63, 3.8) is 0 Å². The zero-order valence-corrected chi connectivity index (χ0v) is 12.2. The van der Waals surface area contributed by atoms with Gasteiger partial charge in [0.2, 0.25) is 0 Å². The van der Waals surface area contributed by atoms with Crippen LogP contribution in [0.15, 0.2) is 42.7 Å². The second-order valence-corrected chi connectivity index (χ2v) is 4.44. The number of nitriles is 1. The number of aromatic nitrogens is 1. The highest BCUT2D eigenvalue weighted by Gasteiger charge is 2.11. The molecule has 1 aromatic carbocycles. The quantitative estimate of drug-likeness (QED) is 0.857. The van der Waals surface area contributed by atoms with Crippen molar-refractivity contribution in [2.24, 2.45) is 0 Å². The summed E-state index contributed by atoms with van der Waals surface area (Å²) in [6.07, 6.45) is 2.59. The topological polar surface area (TPSA) is 84.2 Å². The largest absolute Gasteiger partial charge is 0.464 e. The predicted octanol–water partition coefficient (Wildman–Crippen LogP) is 2.58. The molecule has 0 fully saturated rings. The van der Waals surface area contributed by atoms with Crippen molar-refractivity contribution in [3.05, 3.63) is 53.9 Å². The molecule has 0 saturated carbocycles. The summed E-state index contributed by atoms with van der Waals surface area (Å²) in [5.74, 6) is 0.104. The number of amides is 1. The van der Waals surface area contributed by atoms with Crippen LogP contribution in [0, 0.1) is 11.3 Å². The molecule has 0 bridgehead atoms. The summed E-state index contributed by atoms with van der Waals surface area (Å²) < 4.78 is 10.5. The van der Waals surface area contributed by atoms with E-state index in [1.165, 1.54) is 13.3 Å². The van der Waals surface area contributed by atoms with E-state index in [1.807, 2.05) is 6.07 Å². The Balaban J connectivity index is 2.16. The standard InChI is InChI=1S/C16H15N3O3/c1-11(21-2)22-15-6-5-14(8-13(15)9-17)19-16(20)12-4-3-7-18-10-12/h3-8,10-11H,1-2H3,(H,19,20). The molecule has 2 aromatic rings. The van der Waals surface area contributed by atoms with Crippen molar-refractivity contribution in [3.8, 4) is 11.8 Å². The second-order valence-electron chi connectivity index (χ2n) is 4.44. The third kappa shape index (κ3) is 3.81. The average molecular weight is 297 g/mol. The van der Waals surface area contributed by atoms with E-state index in [4.69, 9.17) is 9.47 Å². The van der Waals surface area contributed by atoms with Gasteiger partial charge in [0.15, 0.2) is 6.29 Å². The average Bonchev–Trinajstić information content (AvgIpc) is 2.56. The summed E-state index contributed by atoms with van der Waals surface area (Å²) in [4.78, 5) is 15.9. The van der Waals surface area contributed by atoms with Gasteiger partial charge in [0.1, 0.15) is 11.8 Å². The van der Waals surface area contributed by atoms with Gasteiger partial charge in [-0.25, -0.2) is 0 Å². The van der Waals surface area contributed by atoms with Crippen LogP contribution < -0.4 is 10.1 Å². The first-order valence-electron chi connectivity index (χ1n) is 6.59. The molecular formula is C16H15N3O3. The van der Waals surface area contributed by atoms with E-state index >= 15 is 0 Å². The van der Waals surface area contributed by atoms with Crippen molar-refractivity contribution in [1.82, 2.24) is 4.98 Å². The van der Waals surface area contributed by atoms with E-state index in [9.17, 15) is 10.1 Å². The van der Waals surface area contributed by atoms with Crippen LogP contribution in [0.5, 0.6) is 5.75 Å². The van der Waals surface area contributed by atoms with Gasteiger partial charge in [0.25, 0.3) is 5.91 Å². The molecule has 0 aliphatic carbocycles. The Morgan fingerprint density at radius 2 is 2.23 bits per heavy atom. The molecule has 1 atom stereocenters. The number of methoxy groups -OCH3 is 1. The number of hydrogen-bond acceptors (Lipinski definition) is 5. The Hall–Kier alpha value is -2.91. The summed E-state index contributed by atoms with van der Waals surface area (Å²) in [6, 6.07) is 10.2. The van der Waals surface area contributed by atoms with Crippen molar-refractivity contribution in [2.45, 2.75) is 13.2 Å². The van der Waals surface area contributed by atoms with Crippen LogP contribution in [0.3, 0.4) is 0 Å². The van der Waals surface area contributed by atoms with Gasteiger partial charge in [-0.2, -0.15) is 5.26 Å². The van der Waals surface area contributed by atoms with Gasteiger partial charge in [-0.05, 0) is 37.3 Å². The Labute approximate surface area is 128 Å².